The molecule has 0 fully saturated rings. The number of hydrogen-bond donors (Lipinski definition) is 5. The van der Waals surface area contributed by atoms with Crippen molar-refractivity contribution in [2.24, 2.45) is 11.5 Å². The Morgan fingerprint density at radius 3 is 1.93 bits per heavy atom. The van der Waals surface area contributed by atoms with Crippen LogP contribution in [0.4, 0.5) is 0 Å². The van der Waals surface area contributed by atoms with Crippen molar-refractivity contribution in [2.75, 3.05) is 0 Å². The first kappa shape index (κ1) is 15.8. The molecule has 8 nitrogen and oxygen atoms in total. The van der Waals surface area contributed by atoms with Crippen LogP contribution in [0.3, 0.4) is 0 Å². The van der Waals surface area contributed by atoms with Crippen molar-refractivity contribution in [1.82, 2.24) is 5.48 Å². The molecule has 2 amide bonds. The largest absolute Gasteiger partial charge is 0.480 e. The van der Waals surface area contributed by atoms with E-state index in [1.807, 2.05) is 0 Å². The zero-order chi connectivity index (χ0) is 12.4. The van der Waals surface area contributed by atoms with Gasteiger partial charge in [-0.15, -0.1) is 0 Å². The highest BCUT2D eigenvalue weighted by Crippen LogP contribution is 1.84. The SMILES string of the molecule is CC(N)C(=O)O.NC(=O)CCC(=O)NO. The van der Waals surface area contributed by atoms with Crippen LogP contribution in [0, 0.1) is 0 Å². The molecule has 88 valence electrons. The summed E-state index contributed by atoms with van der Waals surface area (Å²) in [5, 5.41) is 15.8. The maximum atomic E-state index is 10.1. The van der Waals surface area contributed by atoms with Crippen molar-refractivity contribution in [2.45, 2.75) is 25.8 Å². The number of primary amides is 1. The van der Waals surface area contributed by atoms with Crippen LogP contribution in [0.1, 0.15) is 19.8 Å². The predicted octanol–water partition coefficient (Wildman–Crippen LogP) is -1.82. The van der Waals surface area contributed by atoms with Crippen LogP contribution in [0.5, 0.6) is 0 Å². The van der Waals surface area contributed by atoms with Crippen molar-refractivity contribution in [3.63, 3.8) is 0 Å². The number of hydroxylamine groups is 1. The van der Waals surface area contributed by atoms with Gasteiger partial charge in [0.25, 0.3) is 0 Å². The second kappa shape index (κ2) is 8.91. The minimum absolute atomic E-state index is 0.0353. The van der Waals surface area contributed by atoms with Crippen molar-refractivity contribution in [1.29, 1.82) is 0 Å². The van der Waals surface area contributed by atoms with E-state index >= 15 is 0 Å². The van der Waals surface area contributed by atoms with E-state index < -0.39 is 23.8 Å². The molecule has 0 heterocycles. The van der Waals surface area contributed by atoms with E-state index in [4.69, 9.17) is 21.8 Å². The number of amides is 2. The second-order valence-electron chi connectivity index (χ2n) is 2.63. The minimum Gasteiger partial charge on any atom is -0.480 e. The molecular formula is C7H15N3O5. The Bertz CT molecular complexity index is 229. The fraction of sp³-hybridized carbons (Fsp3) is 0.571. The van der Waals surface area contributed by atoms with E-state index in [-0.39, 0.29) is 12.8 Å². The quantitative estimate of drug-likeness (QED) is 0.278. The average molecular weight is 221 g/mol. The Labute approximate surface area is 86.2 Å². The van der Waals surface area contributed by atoms with Crippen molar-refractivity contribution >= 4 is 17.8 Å². The summed E-state index contributed by atoms with van der Waals surface area (Å²) in [7, 11) is 0. The van der Waals surface area contributed by atoms with Gasteiger partial charge in [0.1, 0.15) is 6.04 Å². The molecular weight excluding hydrogens is 206 g/mol. The molecule has 7 N–H and O–H groups in total. The third-order valence-corrected chi connectivity index (χ3v) is 1.11. The van der Waals surface area contributed by atoms with Crippen molar-refractivity contribution < 1.29 is 24.7 Å². The third kappa shape index (κ3) is 15.1. The number of hydrogen-bond acceptors (Lipinski definition) is 5. The van der Waals surface area contributed by atoms with Crippen LogP contribution >= 0.6 is 0 Å². The molecule has 0 aromatic carbocycles. The summed E-state index contributed by atoms with van der Waals surface area (Å²) in [5.74, 6) is -2.12. The van der Waals surface area contributed by atoms with Crippen LogP contribution < -0.4 is 16.9 Å². The number of carbonyl (C=O) groups excluding carboxylic acids is 2. The lowest BCUT2D eigenvalue weighted by atomic mass is 10.3. The third-order valence-electron chi connectivity index (χ3n) is 1.11. The van der Waals surface area contributed by atoms with Gasteiger partial charge >= 0.3 is 5.97 Å². The van der Waals surface area contributed by atoms with Gasteiger partial charge in [0, 0.05) is 12.8 Å². The van der Waals surface area contributed by atoms with Gasteiger partial charge in [0.05, 0.1) is 0 Å². The molecule has 0 saturated heterocycles. The number of rotatable bonds is 4. The van der Waals surface area contributed by atoms with E-state index in [1.54, 1.807) is 0 Å². The maximum absolute atomic E-state index is 10.1. The van der Waals surface area contributed by atoms with Crippen LogP contribution in [0.2, 0.25) is 0 Å². The van der Waals surface area contributed by atoms with E-state index in [9.17, 15) is 14.4 Å². The smallest absolute Gasteiger partial charge is 0.320 e. The molecule has 0 spiro atoms. The van der Waals surface area contributed by atoms with Gasteiger partial charge in [-0.25, -0.2) is 5.48 Å². The highest BCUT2D eigenvalue weighted by Gasteiger charge is 2.00. The molecule has 0 saturated carbocycles. The number of nitrogens with two attached hydrogens (primary N) is 2. The number of nitrogens with one attached hydrogen (secondary N) is 1. The summed E-state index contributed by atoms with van der Waals surface area (Å²) >= 11 is 0. The van der Waals surface area contributed by atoms with Gasteiger partial charge in [-0.3, -0.25) is 19.6 Å². The molecule has 0 aliphatic rings. The molecule has 1 atom stereocenters. The first-order chi connectivity index (χ1) is 6.81. The fourth-order valence-electron chi connectivity index (χ4n) is 0.293. The summed E-state index contributed by atoms with van der Waals surface area (Å²) < 4.78 is 0. The zero-order valence-electron chi connectivity index (χ0n) is 8.27. The normalized spacial score (nSPS) is 10.6. The van der Waals surface area contributed by atoms with Gasteiger partial charge in [-0.2, -0.15) is 0 Å². The summed E-state index contributed by atoms with van der Waals surface area (Å²) in [6.45, 7) is 1.42. The van der Waals surface area contributed by atoms with Crippen LogP contribution in [-0.4, -0.2) is 34.1 Å². The topological polar surface area (TPSA) is 156 Å². The lowest BCUT2D eigenvalue weighted by Gasteiger charge is -1.92. The summed E-state index contributed by atoms with van der Waals surface area (Å²) in [4.78, 5) is 29.7. The summed E-state index contributed by atoms with van der Waals surface area (Å²) in [6.07, 6.45) is -0.0990. The van der Waals surface area contributed by atoms with Gasteiger partial charge in [-0.1, -0.05) is 0 Å². The van der Waals surface area contributed by atoms with Crippen molar-refractivity contribution in [3.05, 3.63) is 0 Å². The van der Waals surface area contributed by atoms with Gasteiger partial charge < -0.3 is 16.6 Å². The molecule has 0 aliphatic heterocycles. The number of carbonyl (C=O) groups is 3. The lowest BCUT2D eigenvalue weighted by Crippen LogP contribution is -2.25. The van der Waals surface area contributed by atoms with Crippen LogP contribution in [0.15, 0.2) is 0 Å². The first-order valence-corrected chi connectivity index (χ1v) is 4.00. The van der Waals surface area contributed by atoms with Gasteiger partial charge in [-0.05, 0) is 6.92 Å². The highest BCUT2D eigenvalue weighted by molar-refractivity contribution is 5.82. The maximum Gasteiger partial charge on any atom is 0.320 e. The monoisotopic (exact) mass is 221 g/mol. The van der Waals surface area contributed by atoms with Gasteiger partial charge in [0.15, 0.2) is 0 Å². The molecule has 0 bridgehead atoms. The molecule has 0 radical (unpaired) electrons. The lowest BCUT2D eigenvalue weighted by molar-refractivity contribution is -0.138. The molecule has 0 aromatic rings. The molecule has 0 rings (SSSR count). The van der Waals surface area contributed by atoms with Crippen LogP contribution in [0.25, 0.3) is 0 Å². The highest BCUT2D eigenvalue weighted by atomic mass is 16.5. The number of carboxylic acids is 1. The Hall–Kier alpha value is -1.67. The molecule has 0 aliphatic carbocycles. The minimum atomic E-state index is -0.963. The Morgan fingerprint density at radius 1 is 1.33 bits per heavy atom. The number of carboxylic acid groups (broad SMARTS) is 1. The number of aliphatic carboxylic acids is 1. The summed E-state index contributed by atoms with van der Waals surface area (Å²) in [6, 6.07) is -0.731. The standard InChI is InChI=1S/C4H8N2O3.C3H7NO2/c5-3(7)1-2-4(8)6-9;1-2(4)3(5)6/h9H,1-2H2,(H2,5,7)(H,6,8);2H,4H2,1H3,(H,5,6). The molecule has 0 aromatic heterocycles. The molecule has 8 heteroatoms. The fourth-order valence-corrected chi connectivity index (χ4v) is 0.293. The Morgan fingerprint density at radius 2 is 1.73 bits per heavy atom. The predicted molar refractivity (Wildman–Crippen MR) is 49.6 cm³/mol. The first-order valence-electron chi connectivity index (χ1n) is 4.00. The molecule has 1 unspecified atom stereocenters. The molecule has 15 heavy (non-hydrogen) atoms. The second-order valence-corrected chi connectivity index (χ2v) is 2.63. The van der Waals surface area contributed by atoms with E-state index in [0.29, 0.717) is 0 Å². The van der Waals surface area contributed by atoms with Crippen molar-refractivity contribution in [3.8, 4) is 0 Å². The zero-order valence-corrected chi connectivity index (χ0v) is 8.27. The Kier molecular flexibility index (Phi) is 9.37. The summed E-state index contributed by atoms with van der Waals surface area (Å²) in [5.41, 5.74) is 10.9. The Balaban J connectivity index is 0. The van der Waals surface area contributed by atoms with Gasteiger partial charge in [0.2, 0.25) is 11.8 Å². The van der Waals surface area contributed by atoms with E-state index in [2.05, 4.69) is 0 Å². The van der Waals surface area contributed by atoms with Crippen LogP contribution in [-0.2, 0) is 14.4 Å². The van der Waals surface area contributed by atoms with E-state index in [1.165, 1.54) is 12.4 Å². The average Bonchev–Trinajstić information content (AvgIpc) is 2.14. The van der Waals surface area contributed by atoms with E-state index in [0.717, 1.165) is 0 Å².